The van der Waals surface area contributed by atoms with Crippen molar-refractivity contribution in [3.63, 3.8) is 0 Å². The average Bonchev–Trinajstić information content (AvgIpc) is 1.56. The quantitative estimate of drug-likeness (QED) is 0.0200. The molecule has 0 aliphatic carbocycles. The van der Waals surface area contributed by atoms with Gasteiger partial charge in [-0.3, -0.25) is 57.5 Å². The van der Waals surface area contributed by atoms with Gasteiger partial charge in [-0.25, -0.2) is 9.59 Å². The Morgan fingerprint density at radius 2 is 1.13 bits per heavy atom. The second-order valence-electron chi connectivity index (χ2n) is 20.9. The van der Waals surface area contributed by atoms with Gasteiger partial charge in [0.25, 0.3) is 0 Å². The van der Waals surface area contributed by atoms with Crippen molar-refractivity contribution in [3.05, 3.63) is 95.2 Å². The fraction of sp³-hybridized carbons (Fsp3) is 0.466. The third-order valence-electron chi connectivity index (χ3n) is 14.1. The molecular formula is C58H74N13O18S+. The maximum Gasteiger partial charge on any atom is 0.407 e. The van der Waals surface area contributed by atoms with Gasteiger partial charge in [-0.05, 0) is 68.4 Å². The van der Waals surface area contributed by atoms with E-state index in [4.69, 9.17) is 29.9 Å². The number of carboxylic acids is 6. The van der Waals surface area contributed by atoms with Gasteiger partial charge < -0.3 is 61.0 Å². The van der Waals surface area contributed by atoms with Gasteiger partial charge in [-0.2, -0.15) is 4.57 Å². The maximum absolute atomic E-state index is 12.7. The maximum atomic E-state index is 12.7. The molecule has 484 valence electrons. The van der Waals surface area contributed by atoms with Crippen molar-refractivity contribution in [3.8, 4) is 0 Å². The summed E-state index contributed by atoms with van der Waals surface area (Å²) in [7, 11) is 0. The van der Waals surface area contributed by atoms with Gasteiger partial charge in [0.15, 0.2) is 12.7 Å². The predicted molar refractivity (Wildman–Crippen MR) is 318 cm³/mol. The monoisotopic (exact) mass is 1270 g/mol. The molecule has 0 saturated heterocycles. The van der Waals surface area contributed by atoms with Crippen molar-refractivity contribution in [2.45, 2.75) is 127 Å². The Bertz CT molecular complexity index is 3310. The van der Waals surface area contributed by atoms with E-state index in [0.717, 1.165) is 41.9 Å². The Labute approximate surface area is 520 Å². The Morgan fingerprint density at radius 3 is 1.72 bits per heavy atom. The van der Waals surface area contributed by atoms with Crippen LogP contribution in [-0.2, 0) is 80.6 Å². The standard InChI is InChI=1S/C58H73N13O18S/c72-42(12-2-1-3-16-46(55(82)83)67(35-51(74)75)36-52(76)77)20-26-69-33-40(62-64-69)31-61-58(87)89-29-11-24-71-45-15-6-7-18-48(45)90-50(71)30-39-19-25-66(44-14-5-4-13-43(39)44)23-10-28-88-57(86)60-32-41-34-70(65-63-41)27-21-49(73)59-22-9-8-17-47(56(84)85)68(37-53(78)79)38-54(80)81/h4-7,13-15,18-19,25,30,33-34,46-47H,1-3,8-12,16-17,20-24,26-29,31-32,35-38H2,(H8-,59,60,61,73,74,75,76,77,78,79,80,81,82,83,84,85,86,87)/p+1. The van der Waals surface area contributed by atoms with E-state index in [-0.39, 0.29) is 89.7 Å². The number of hydrogen-bond donors (Lipinski definition) is 9. The SMILES string of the molecule is O=C(O)CN(CC(=O)O)C(CCCCCC(=O)CCn1cc(CNC(=O)OCCCN2C(=Cc3cc[n+](CCCOC(=O)NCc4cn(CCC(=O)NCCCCC(C(=O)O)N(CC(=O)O)CC(=O)O)nn4)c4ccccc34)Sc3ccccc32)nn1)C(=O)O. The highest BCUT2D eigenvalue weighted by Gasteiger charge is 2.31. The summed E-state index contributed by atoms with van der Waals surface area (Å²) in [4.78, 5) is 123. The molecule has 2 unspecified atom stereocenters. The first-order chi connectivity index (χ1) is 43.2. The zero-order valence-corrected chi connectivity index (χ0v) is 50.1. The minimum atomic E-state index is -1.35. The van der Waals surface area contributed by atoms with Crippen molar-refractivity contribution in [1.29, 1.82) is 0 Å². The highest BCUT2D eigenvalue weighted by atomic mass is 32.2. The van der Waals surface area contributed by atoms with E-state index in [1.807, 2.05) is 54.7 Å². The summed E-state index contributed by atoms with van der Waals surface area (Å²) in [6.07, 6.45) is 9.54. The number of unbranched alkanes of at least 4 members (excludes halogenated alkanes) is 3. The molecule has 0 radical (unpaired) electrons. The van der Waals surface area contributed by atoms with E-state index in [9.17, 15) is 58.2 Å². The number of nitrogens with one attached hydrogen (secondary N) is 3. The number of carbonyl (C=O) groups is 10. The lowest BCUT2D eigenvalue weighted by Gasteiger charge is -2.25. The molecule has 4 heterocycles. The van der Waals surface area contributed by atoms with Crippen LogP contribution in [0.2, 0.25) is 0 Å². The van der Waals surface area contributed by atoms with Crippen molar-refractivity contribution < 1.29 is 92.6 Å². The number of aliphatic carboxylic acids is 6. The number of benzene rings is 2. The van der Waals surface area contributed by atoms with Gasteiger partial charge in [0.1, 0.15) is 29.3 Å². The first-order valence-electron chi connectivity index (χ1n) is 29.1. The number of anilines is 1. The molecule has 31 nitrogen and oxygen atoms in total. The lowest BCUT2D eigenvalue weighted by Crippen LogP contribution is -2.46. The molecule has 90 heavy (non-hydrogen) atoms. The molecular weight excluding hydrogens is 1200 g/mol. The summed E-state index contributed by atoms with van der Waals surface area (Å²) >= 11 is 1.64. The van der Waals surface area contributed by atoms with Crippen LogP contribution in [0, 0.1) is 0 Å². The number of rotatable bonds is 42. The van der Waals surface area contributed by atoms with Crippen LogP contribution in [0.3, 0.4) is 0 Å². The fourth-order valence-electron chi connectivity index (χ4n) is 9.79. The van der Waals surface area contributed by atoms with Gasteiger partial charge in [0, 0.05) is 62.3 Å². The van der Waals surface area contributed by atoms with Crippen molar-refractivity contribution in [2.75, 3.05) is 57.4 Å². The molecule has 0 fully saturated rings. The summed E-state index contributed by atoms with van der Waals surface area (Å²) in [5, 5.41) is 81.7. The first kappa shape index (κ1) is 69.5. The minimum absolute atomic E-state index is 0.00835. The zero-order valence-electron chi connectivity index (χ0n) is 49.3. The van der Waals surface area contributed by atoms with Gasteiger partial charge in [-0.15, -0.1) is 10.2 Å². The van der Waals surface area contributed by atoms with Crippen molar-refractivity contribution in [1.82, 2.24) is 55.7 Å². The molecule has 32 heteroatoms. The van der Waals surface area contributed by atoms with Crippen LogP contribution in [0.5, 0.6) is 0 Å². The Balaban J connectivity index is 0.868. The second-order valence-corrected chi connectivity index (χ2v) is 22.0. The summed E-state index contributed by atoms with van der Waals surface area (Å²) in [5.41, 5.74) is 3.89. The molecule has 5 aromatic rings. The lowest BCUT2D eigenvalue weighted by molar-refractivity contribution is -0.672. The summed E-state index contributed by atoms with van der Waals surface area (Å²) in [6.45, 7) is -0.832. The highest BCUT2D eigenvalue weighted by Crippen LogP contribution is 2.46. The number of nitrogens with zero attached hydrogens (tertiary/aromatic N) is 10. The molecule has 6 rings (SSSR count). The van der Waals surface area contributed by atoms with Crippen molar-refractivity contribution >= 4 is 94.1 Å². The van der Waals surface area contributed by atoms with Crippen LogP contribution in [0.25, 0.3) is 17.0 Å². The smallest absolute Gasteiger partial charge is 0.407 e. The molecule has 0 saturated carbocycles. The molecule has 3 amide bonds. The molecule has 2 aromatic carbocycles. The third kappa shape index (κ3) is 23.5. The number of thioether (sulfide) groups is 1. The normalized spacial score (nSPS) is 13.0. The van der Waals surface area contributed by atoms with Crippen LogP contribution in [0.4, 0.5) is 15.3 Å². The molecule has 9 N–H and O–H groups in total. The molecule has 2 atom stereocenters. The number of alkyl carbamates (subject to hydrolysis) is 2. The Kier molecular flexibility index (Phi) is 27.9. The molecule has 1 aliphatic heterocycles. The molecule has 1 aliphatic rings. The number of amides is 3. The summed E-state index contributed by atoms with van der Waals surface area (Å²) in [6, 6.07) is 15.5. The number of ketones is 1. The fourth-order valence-corrected chi connectivity index (χ4v) is 10.9. The number of carboxylic acid groups (broad SMARTS) is 6. The number of hydrogen-bond acceptors (Lipinski definition) is 20. The molecule has 0 bridgehead atoms. The minimum Gasteiger partial charge on any atom is -0.480 e. The topological polar surface area (TPSA) is 422 Å². The Morgan fingerprint density at radius 1 is 0.589 bits per heavy atom. The summed E-state index contributed by atoms with van der Waals surface area (Å²) in [5.74, 6) is -8.38. The van der Waals surface area contributed by atoms with Crippen molar-refractivity contribution in [2.24, 2.45) is 0 Å². The van der Waals surface area contributed by atoms with Crippen LogP contribution >= 0.6 is 11.8 Å². The number of para-hydroxylation sites is 2. The van der Waals surface area contributed by atoms with Crippen LogP contribution in [-0.4, -0.2) is 195 Å². The number of ether oxygens (including phenoxy) is 2. The number of aryl methyl sites for hydroxylation is 3. The number of fused-ring (bicyclic) bond motifs is 2. The van der Waals surface area contributed by atoms with Gasteiger partial charge >= 0.3 is 48.0 Å². The summed E-state index contributed by atoms with van der Waals surface area (Å²) < 4.78 is 16.0. The van der Waals surface area contributed by atoms with E-state index in [2.05, 4.69) is 58.2 Å². The van der Waals surface area contributed by atoms with Crippen LogP contribution < -0.4 is 25.4 Å². The van der Waals surface area contributed by atoms with Gasteiger partial charge in [-0.1, -0.05) is 59.3 Å². The Hall–Kier alpha value is -9.56. The highest BCUT2D eigenvalue weighted by molar-refractivity contribution is 8.03. The second kappa shape index (κ2) is 36.1. The molecule has 3 aromatic heterocycles. The van der Waals surface area contributed by atoms with Crippen LogP contribution in [0.15, 0.2) is 83.1 Å². The predicted octanol–water partition coefficient (Wildman–Crippen LogP) is 3.29. The number of aromatic nitrogens is 7. The van der Waals surface area contributed by atoms with Gasteiger partial charge in [0.05, 0.1) is 87.5 Å². The van der Waals surface area contributed by atoms with E-state index >= 15 is 0 Å². The number of carbonyl (C=O) groups excluding carboxylic acids is 4. The zero-order chi connectivity index (χ0) is 65.0. The third-order valence-corrected chi connectivity index (χ3v) is 15.2. The molecule has 0 spiro atoms. The van der Waals surface area contributed by atoms with Gasteiger partial charge in [0.2, 0.25) is 11.4 Å². The first-order valence-corrected chi connectivity index (χ1v) is 29.9. The largest absolute Gasteiger partial charge is 0.480 e. The lowest BCUT2D eigenvalue weighted by atomic mass is 10.0. The number of Topliss-reactive ketones (excluding diaryl/α,β-unsaturated/α-hetero) is 1. The number of pyridine rings is 1. The van der Waals surface area contributed by atoms with E-state index < -0.39 is 86.3 Å². The average molecular weight is 1270 g/mol. The van der Waals surface area contributed by atoms with E-state index in [1.165, 1.54) is 9.36 Å². The van der Waals surface area contributed by atoms with E-state index in [1.54, 1.807) is 24.2 Å². The van der Waals surface area contributed by atoms with E-state index in [0.29, 0.717) is 69.4 Å². The van der Waals surface area contributed by atoms with Crippen LogP contribution in [0.1, 0.15) is 94.0 Å².